The summed E-state index contributed by atoms with van der Waals surface area (Å²) in [6, 6.07) is 1.61. The molecule has 0 aliphatic carbocycles. The van der Waals surface area contributed by atoms with Crippen LogP contribution in [0.3, 0.4) is 0 Å². The monoisotopic (exact) mass is 338 g/mol. The number of hydrogen-bond donors (Lipinski definition) is 1. The van der Waals surface area contributed by atoms with Gasteiger partial charge in [-0.3, -0.25) is 4.79 Å². The number of carbonyl (C=O) groups excluding carboxylic acids is 1. The van der Waals surface area contributed by atoms with Crippen molar-refractivity contribution in [2.75, 3.05) is 46.3 Å². The number of anilines is 1. The molecule has 1 N–H and O–H groups in total. The Balaban J connectivity index is 1.78. The smallest absolute Gasteiger partial charge is 0.222 e. The van der Waals surface area contributed by atoms with E-state index in [4.69, 9.17) is 14.2 Å². The predicted molar refractivity (Wildman–Crippen MR) is 88.7 cm³/mol. The lowest BCUT2D eigenvalue weighted by Crippen LogP contribution is -2.57. The summed E-state index contributed by atoms with van der Waals surface area (Å²) in [5.41, 5.74) is 0. The van der Waals surface area contributed by atoms with Crippen LogP contribution in [0.5, 0.6) is 0 Å². The fraction of sp³-hybridized carbons (Fsp3) is 0.688. The van der Waals surface area contributed by atoms with E-state index in [1.165, 1.54) is 0 Å². The first kappa shape index (κ1) is 18.6. The molecule has 1 saturated heterocycles. The van der Waals surface area contributed by atoms with E-state index in [1.807, 2.05) is 0 Å². The van der Waals surface area contributed by atoms with Crippen LogP contribution in [0.2, 0.25) is 0 Å². The molecule has 3 atom stereocenters. The molecule has 0 spiro atoms. The van der Waals surface area contributed by atoms with Crippen LogP contribution in [0.1, 0.15) is 12.8 Å². The first-order valence-corrected chi connectivity index (χ1v) is 8.07. The number of hydrogen-bond acceptors (Lipinski definition) is 7. The van der Waals surface area contributed by atoms with Crippen LogP contribution in [0.15, 0.2) is 18.5 Å². The van der Waals surface area contributed by atoms with Crippen LogP contribution in [0, 0.1) is 0 Å². The fourth-order valence-corrected chi connectivity index (χ4v) is 2.78. The van der Waals surface area contributed by atoms with E-state index in [2.05, 4.69) is 15.3 Å². The van der Waals surface area contributed by atoms with Gasteiger partial charge in [0.25, 0.3) is 0 Å². The fourth-order valence-electron chi connectivity index (χ4n) is 2.78. The van der Waals surface area contributed by atoms with Crippen molar-refractivity contribution < 1.29 is 19.0 Å². The molecular formula is C16H26N4O4. The van der Waals surface area contributed by atoms with Gasteiger partial charge < -0.3 is 24.4 Å². The molecule has 0 radical (unpaired) electrons. The van der Waals surface area contributed by atoms with Gasteiger partial charge in [0.15, 0.2) is 0 Å². The minimum Gasteiger partial charge on any atom is -0.376 e. The Labute approximate surface area is 142 Å². The average Bonchev–Trinajstić information content (AvgIpc) is 2.64. The zero-order valence-corrected chi connectivity index (χ0v) is 14.5. The number of aromatic nitrogens is 2. The molecule has 8 nitrogen and oxygen atoms in total. The lowest BCUT2D eigenvalue weighted by Gasteiger charge is -2.40. The Morgan fingerprint density at radius 2 is 2.08 bits per heavy atom. The lowest BCUT2D eigenvalue weighted by molar-refractivity contribution is -0.164. The highest BCUT2D eigenvalue weighted by molar-refractivity contribution is 5.76. The molecule has 1 aliphatic heterocycles. The maximum atomic E-state index is 12.4. The molecule has 134 valence electrons. The third-order valence-corrected chi connectivity index (χ3v) is 4.20. The summed E-state index contributed by atoms with van der Waals surface area (Å²) in [5, 5.41) is 3.09. The number of carbonyl (C=O) groups is 1. The summed E-state index contributed by atoms with van der Waals surface area (Å²) in [5.74, 6) is 0.625. The van der Waals surface area contributed by atoms with E-state index >= 15 is 0 Å². The molecule has 1 aromatic rings. The number of methoxy groups -OCH3 is 2. The number of likely N-dealkylation sites (N-methyl/N-ethyl adjacent to an activating group) is 1. The zero-order valence-electron chi connectivity index (χ0n) is 14.5. The van der Waals surface area contributed by atoms with E-state index in [0.29, 0.717) is 38.5 Å². The predicted octanol–water partition coefficient (Wildman–Crippen LogP) is 0.556. The van der Waals surface area contributed by atoms with Crippen molar-refractivity contribution in [1.29, 1.82) is 0 Å². The summed E-state index contributed by atoms with van der Waals surface area (Å²) in [6.07, 6.45) is 4.12. The number of nitrogens with one attached hydrogen (secondary N) is 1. The standard InChI is InChI=1S/C16H26N4O4/c1-20(12-10-24-11-13(22-2)15(12)23-3)14(21)6-4-7-17-16-18-8-5-9-19-16/h5,8-9,12-13,15H,4,6-7,10-11H2,1-3H3,(H,17,18,19)/t12-,13-,15+/m1/s1. The summed E-state index contributed by atoms with van der Waals surface area (Å²) in [4.78, 5) is 22.3. The SMILES string of the molecule is CO[C@H]1[C@H](N(C)C(=O)CCCNc2ncccn2)COC[C@H]1OC. The molecule has 24 heavy (non-hydrogen) atoms. The van der Waals surface area contributed by atoms with Crippen molar-refractivity contribution in [3.8, 4) is 0 Å². The van der Waals surface area contributed by atoms with E-state index in [9.17, 15) is 4.79 Å². The van der Waals surface area contributed by atoms with Crippen molar-refractivity contribution in [2.24, 2.45) is 0 Å². The Morgan fingerprint density at radius 1 is 1.33 bits per heavy atom. The van der Waals surface area contributed by atoms with Crippen LogP contribution in [-0.4, -0.2) is 80.1 Å². The summed E-state index contributed by atoms with van der Waals surface area (Å²) >= 11 is 0. The average molecular weight is 338 g/mol. The third-order valence-electron chi connectivity index (χ3n) is 4.20. The molecule has 1 aliphatic rings. The van der Waals surface area contributed by atoms with E-state index in [0.717, 1.165) is 0 Å². The van der Waals surface area contributed by atoms with Crippen LogP contribution in [-0.2, 0) is 19.0 Å². The first-order valence-electron chi connectivity index (χ1n) is 8.07. The van der Waals surface area contributed by atoms with Crippen molar-refractivity contribution >= 4 is 11.9 Å². The van der Waals surface area contributed by atoms with Gasteiger partial charge >= 0.3 is 0 Å². The van der Waals surface area contributed by atoms with Crippen molar-refractivity contribution in [1.82, 2.24) is 14.9 Å². The summed E-state index contributed by atoms with van der Waals surface area (Å²) in [7, 11) is 5.05. The Bertz CT molecular complexity index is 502. The largest absolute Gasteiger partial charge is 0.376 e. The van der Waals surface area contributed by atoms with E-state index in [1.54, 1.807) is 44.6 Å². The molecular weight excluding hydrogens is 312 g/mol. The lowest BCUT2D eigenvalue weighted by atomic mass is 10.0. The Kier molecular flexibility index (Phi) is 7.36. The summed E-state index contributed by atoms with van der Waals surface area (Å²) in [6.45, 7) is 1.57. The highest BCUT2D eigenvalue weighted by atomic mass is 16.6. The van der Waals surface area contributed by atoms with Gasteiger partial charge in [0.1, 0.15) is 12.2 Å². The Morgan fingerprint density at radius 3 is 2.75 bits per heavy atom. The quantitative estimate of drug-likeness (QED) is 0.693. The van der Waals surface area contributed by atoms with Gasteiger partial charge in [-0.25, -0.2) is 9.97 Å². The van der Waals surface area contributed by atoms with Crippen LogP contribution >= 0.6 is 0 Å². The summed E-state index contributed by atoms with van der Waals surface area (Å²) < 4.78 is 16.5. The maximum absolute atomic E-state index is 12.4. The van der Waals surface area contributed by atoms with Crippen molar-refractivity contribution in [2.45, 2.75) is 31.1 Å². The number of amides is 1. The van der Waals surface area contributed by atoms with Crippen LogP contribution < -0.4 is 5.32 Å². The van der Waals surface area contributed by atoms with Gasteiger partial charge in [-0.2, -0.15) is 0 Å². The van der Waals surface area contributed by atoms with E-state index in [-0.39, 0.29) is 24.2 Å². The first-order chi connectivity index (χ1) is 11.7. The third kappa shape index (κ3) is 4.86. The van der Waals surface area contributed by atoms with Gasteiger partial charge in [0.2, 0.25) is 11.9 Å². The molecule has 8 heteroatoms. The molecule has 2 heterocycles. The second kappa shape index (κ2) is 9.51. The molecule has 0 bridgehead atoms. The van der Waals surface area contributed by atoms with Gasteiger partial charge in [-0.1, -0.05) is 0 Å². The molecule has 2 rings (SSSR count). The number of nitrogens with zero attached hydrogens (tertiary/aromatic N) is 3. The van der Waals surface area contributed by atoms with Gasteiger partial charge in [-0.05, 0) is 12.5 Å². The van der Waals surface area contributed by atoms with Crippen molar-refractivity contribution in [3.05, 3.63) is 18.5 Å². The molecule has 0 aromatic carbocycles. The maximum Gasteiger partial charge on any atom is 0.222 e. The van der Waals surface area contributed by atoms with Crippen LogP contribution in [0.25, 0.3) is 0 Å². The number of rotatable bonds is 8. The topological polar surface area (TPSA) is 85.8 Å². The van der Waals surface area contributed by atoms with Crippen LogP contribution in [0.4, 0.5) is 5.95 Å². The normalized spacial score (nSPS) is 23.7. The molecule has 0 saturated carbocycles. The Hall–Kier alpha value is -1.77. The highest BCUT2D eigenvalue weighted by Gasteiger charge is 2.38. The second-order valence-corrected chi connectivity index (χ2v) is 5.69. The van der Waals surface area contributed by atoms with Crippen molar-refractivity contribution in [3.63, 3.8) is 0 Å². The number of ether oxygens (including phenoxy) is 3. The molecule has 0 unspecified atom stereocenters. The highest BCUT2D eigenvalue weighted by Crippen LogP contribution is 2.19. The molecule has 1 amide bonds. The second-order valence-electron chi connectivity index (χ2n) is 5.69. The van der Waals surface area contributed by atoms with Gasteiger partial charge in [0.05, 0.1) is 19.3 Å². The van der Waals surface area contributed by atoms with Gasteiger partial charge in [0, 0.05) is 46.6 Å². The molecule has 1 aromatic heterocycles. The van der Waals surface area contributed by atoms with E-state index < -0.39 is 0 Å². The zero-order chi connectivity index (χ0) is 17.4. The molecule has 1 fully saturated rings. The van der Waals surface area contributed by atoms with Gasteiger partial charge in [-0.15, -0.1) is 0 Å². The minimum absolute atomic E-state index is 0.0539. The minimum atomic E-state index is -0.187.